The van der Waals surface area contributed by atoms with Crippen molar-refractivity contribution in [1.29, 1.82) is 0 Å². The van der Waals surface area contributed by atoms with E-state index in [-0.39, 0.29) is 30.0 Å². The first-order chi connectivity index (χ1) is 9.43. The number of anilines is 1. The van der Waals surface area contributed by atoms with E-state index in [4.69, 9.17) is 0 Å². The smallest absolute Gasteiger partial charge is 0.254 e. The third-order valence-corrected chi connectivity index (χ3v) is 5.09. The number of nitrogens with zero attached hydrogens (tertiary/aromatic N) is 2. The van der Waals surface area contributed by atoms with E-state index in [1.165, 1.54) is 0 Å². The number of pyridine rings is 1. The lowest BCUT2D eigenvalue weighted by atomic mass is 10.2. The molecule has 2 rings (SSSR count). The predicted octanol–water partition coefficient (Wildman–Crippen LogP) is 0.772. The van der Waals surface area contributed by atoms with Gasteiger partial charge in [0, 0.05) is 30.9 Å². The number of aromatic nitrogens is 1. The van der Waals surface area contributed by atoms with Crippen LogP contribution in [0.1, 0.15) is 24.2 Å². The second kappa shape index (κ2) is 5.78. The van der Waals surface area contributed by atoms with Gasteiger partial charge in [-0.05, 0) is 26.0 Å². The average Bonchev–Trinajstić information content (AvgIpc) is 2.38. The Morgan fingerprint density at radius 2 is 2.30 bits per heavy atom. The second-order valence-corrected chi connectivity index (χ2v) is 7.15. The lowest BCUT2D eigenvalue weighted by molar-refractivity contribution is 0.0712. The summed E-state index contributed by atoms with van der Waals surface area (Å²) < 4.78 is 23.1. The molecule has 1 atom stereocenters. The zero-order valence-electron chi connectivity index (χ0n) is 11.7. The fourth-order valence-electron chi connectivity index (χ4n) is 2.31. The number of carbonyl (C=O) groups excluding carboxylic acids is 1. The molecule has 1 N–H and O–H groups in total. The molecule has 0 spiro atoms. The van der Waals surface area contributed by atoms with Crippen LogP contribution in [0.2, 0.25) is 0 Å². The molecule has 0 saturated carbocycles. The minimum absolute atomic E-state index is 0.0316. The van der Waals surface area contributed by atoms with Gasteiger partial charge in [-0.1, -0.05) is 0 Å². The molecular formula is C13H19N3O3S. The molecule has 1 aliphatic heterocycles. The predicted molar refractivity (Wildman–Crippen MR) is 77.6 cm³/mol. The van der Waals surface area contributed by atoms with Crippen molar-refractivity contribution < 1.29 is 13.2 Å². The molecule has 6 nitrogen and oxygen atoms in total. The van der Waals surface area contributed by atoms with Crippen molar-refractivity contribution in [2.45, 2.75) is 19.9 Å². The summed E-state index contributed by atoms with van der Waals surface area (Å²) in [6, 6.07) is 3.05. The highest BCUT2D eigenvalue weighted by atomic mass is 32.2. The van der Waals surface area contributed by atoms with Crippen molar-refractivity contribution in [2.24, 2.45) is 0 Å². The molecule has 1 aliphatic rings. The second-order valence-electron chi connectivity index (χ2n) is 4.92. The molecule has 2 heterocycles. The SMILES string of the molecule is CCNc1cc(C(=O)N2CCS(=O)(=O)CC2C)ccn1. The summed E-state index contributed by atoms with van der Waals surface area (Å²) in [5.74, 6) is 0.572. The third kappa shape index (κ3) is 3.27. The fraction of sp³-hybridized carbons (Fsp3) is 0.538. The number of amides is 1. The Morgan fingerprint density at radius 1 is 1.55 bits per heavy atom. The molecular weight excluding hydrogens is 278 g/mol. The molecule has 1 aromatic rings. The first-order valence-corrected chi connectivity index (χ1v) is 8.46. The van der Waals surface area contributed by atoms with Crippen LogP contribution in [0.25, 0.3) is 0 Å². The fourth-order valence-corrected chi connectivity index (χ4v) is 3.86. The largest absolute Gasteiger partial charge is 0.370 e. The van der Waals surface area contributed by atoms with Gasteiger partial charge < -0.3 is 10.2 Å². The summed E-state index contributed by atoms with van der Waals surface area (Å²) in [5, 5.41) is 3.05. The first kappa shape index (κ1) is 14.8. The van der Waals surface area contributed by atoms with Crippen LogP contribution >= 0.6 is 0 Å². The zero-order chi connectivity index (χ0) is 14.8. The van der Waals surface area contributed by atoms with Crippen molar-refractivity contribution >= 4 is 21.6 Å². The van der Waals surface area contributed by atoms with Gasteiger partial charge in [-0.3, -0.25) is 4.79 Å². The maximum absolute atomic E-state index is 12.5. The summed E-state index contributed by atoms with van der Waals surface area (Å²) in [6.07, 6.45) is 1.58. The number of hydrogen-bond donors (Lipinski definition) is 1. The molecule has 110 valence electrons. The average molecular weight is 297 g/mol. The van der Waals surface area contributed by atoms with Crippen LogP contribution in [-0.4, -0.2) is 54.8 Å². The van der Waals surface area contributed by atoms with Gasteiger partial charge in [0.1, 0.15) is 5.82 Å². The molecule has 7 heteroatoms. The minimum Gasteiger partial charge on any atom is -0.370 e. The lowest BCUT2D eigenvalue weighted by Gasteiger charge is -2.33. The number of carbonyl (C=O) groups is 1. The summed E-state index contributed by atoms with van der Waals surface area (Å²) >= 11 is 0. The van der Waals surface area contributed by atoms with Gasteiger partial charge in [0.25, 0.3) is 5.91 Å². The number of nitrogens with one attached hydrogen (secondary N) is 1. The van der Waals surface area contributed by atoms with Crippen LogP contribution in [0.3, 0.4) is 0 Å². The number of hydrogen-bond acceptors (Lipinski definition) is 5. The number of rotatable bonds is 3. The Kier molecular flexibility index (Phi) is 4.27. The van der Waals surface area contributed by atoms with Crippen LogP contribution in [0.4, 0.5) is 5.82 Å². The number of sulfone groups is 1. The molecule has 1 fully saturated rings. The topological polar surface area (TPSA) is 79.4 Å². The van der Waals surface area contributed by atoms with E-state index in [2.05, 4.69) is 10.3 Å². The van der Waals surface area contributed by atoms with E-state index >= 15 is 0 Å². The molecule has 1 aromatic heterocycles. The Morgan fingerprint density at radius 3 is 2.95 bits per heavy atom. The molecule has 1 unspecified atom stereocenters. The minimum atomic E-state index is -3.02. The highest BCUT2D eigenvalue weighted by Crippen LogP contribution is 2.16. The van der Waals surface area contributed by atoms with Crippen LogP contribution in [0, 0.1) is 0 Å². The maximum Gasteiger partial charge on any atom is 0.254 e. The van der Waals surface area contributed by atoms with Crippen molar-refractivity contribution in [2.75, 3.05) is 29.9 Å². The summed E-state index contributed by atoms with van der Waals surface area (Å²) in [5.41, 5.74) is 0.530. The molecule has 0 aliphatic carbocycles. The lowest BCUT2D eigenvalue weighted by Crippen LogP contribution is -2.49. The molecule has 0 bridgehead atoms. The van der Waals surface area contributed by atoms with E-state index in [1.807, 2.05) is 6.92 Å². The van der Waals surface area contributed by atoms with Crippen LogP contribution < -0.4 is 5.32 Å². The molecule has 1 saturated heterocycles. The van der Waals surface area contributed by atoms with Crippen molar-refractivity contribution in [3.63, 3.8) is 0 Å². The Labute approximate surface area is 119 Å². The summed E-state index contributed by atoms with van der Waals surface area (Å²) in [4.78, 5) is 18.2. The van der Waals surface area contributed by atoms with E-state index in [0.717, 1.165) is 6.54 Å². The van der Waals surface area contributed by atoms with E-state index < -0.39 is 9.84 Å². The van der Waals surface area contributed by atoms with Crippen molar-refractivity contribution in [1.82, 2.24) is 9.88 Å². The highest BCUT2D eigenvalue weighted by molar-refractivity contribution is 7.91. The Hall–Kier alpha value is -1.63. The monoisotopic (exact) mass is 297 g/mol. The van der Waals surface area contributed by atoms with Crippen LogP contribution in [0.15, 0.2) is 18.3 Å². The Balaban J connectivity index is 2.17. The van der Waals surface area contributed by atoms with Gasteiger partial charge in [-0.2, -0.15) is 0 Å². The molecule has 0 radical (unpaired) electrons. The summed E-state index contributed by atoms with van der Waals surface area (Å²) in [7, 11) is -3.02. The van der Waals surface area contributed by atoms with Gasteiger partial charge in [0.2, 0.25) is 0 Å². The maximum atomic E-state index is 12.5. The standard InChI is InChI=1S/C13H19N3O3S/c1-3-14-12-8-11(4-5-15-12)13(17)16-6-7-20(18,19)9-10(16)2/h4-5,8,10H,3,6-7,9H2,1-2H3,(H,14,15). The zero-order valence-corrected chi connectivity index (χ0v) is 12.5. The molecule has 20 heavy (non-hydrogen) atoms. The van der Waals surface area contributed by atoms with Gasteiger partial charge in [-0.15, -0.1) is 0 Å². The molecule has 0 aromatic carbocycles. The quantitative estimate of drug-likeness (QED) is 0.891. The van der Waals surface area contributed by atoms with Gasteiger partial charge in [0.05, 0.1) is 11.5 Å². The van der Waals surface area contributed by atoms with E-state index in [1.54, 1.807) is 30.2 Å². The van der Waals surface area contributed by atoms with Gasteiger partial charge in [-0.25, -0.2) is 13.4 Å². The highest BCUT2D eigenvalue weighted by Gasteiger charge is 2.31. The first-order valence-electron chi connectivity index (χ1n) is 6.64. The van der Waals surface area contributed by atoms with E-state index in [0.29, 0.717) is 11.4 Å². The van der Waals surface area contributed by atoms with E-state index in [9.17, 15) is 13.2 Å². The van der Waals surface area contributed by atoms with Crippen LogP contribution in [0.5, 0.6) is 0 Å². The van der Waals surface area contributed by atoms with Gasteiger partial charge >= 0.3 is 0 Å². The van der Waals surface area contributed by atoms with Crippen LogP contribution in [-0.2, 0) is 9.84 Å². The van der Waals surface area contributed by atoms with Crippen molar-refractivity contribution in [3.8, 4) is 0 Å². The molecule has 1 amide bonds. The van der Waals surface area contributed by atoms with Crippen molar-refractivity contribution in [3.05, 3.63) is 23.9 Å². The third-order valence-electron chi connectivity index (χ3n) is 3.30. The normalized spacial score (nSPS) is 21.5. The Bertz CT molecular complexity index is 601. The summed E-state index contributed by atoms with van der Waals surface area (Å²) in [6.45, 7) is 4.69. The van der Waals surface area contributed by atoms with Gasteiger partial charge in [0.15, 0.2) is 9.84 Å².